The van der Waals surface area contributed by atoms with E-state index in [1.165, 1.54) is 4.90 Å². The fourth-order valence-electron chi connectivity index (χ4n) is 6.37. The van der Waals surface area contributed by atoms with Crippen molar-refractivity contribution in [1.29, 1.82) is 0 Å². The normalized spacial score (nSPS) is 12.3. The summed E-state index contributed by atoms with van der Waals surface area (Å²) in [6.07, 6.45) is -1.04. The molecule has 6 rings (SSSR count). The number of hydrogen-bond donors (Lipinski definition) is 2. The van der Waals surface area contributed by atoms with E-state index in [2.05, 4.69) is 38.1 Å². The number of aromatic nitrogens is 1. The molecule has 0 spiro atoms. The average Bonchev–Trinajstić information content (AvgIpc) is 3.32. The third-order valence-corrected chi connectivity index (χ3v) is 8.49. The van der Waals surface area contributed by atoms with Crippen LogP contribution in [0.1, 0.15) is 42.1 Å². The fourth-order valence-corrected chi connectivity index (χ4v) is 6.49. The lowest BCUT2D eigenvalue weighted by Crippen LogP contribution is -2.36. The van der Waals surface area contributed by atoms with E-state index >= 15 is 0 Å². The van der Waals surface area contributed by atoms with Crippen molar-refractivity contribution in [1.82, 2.24) is 9.47 Å². The van der Waals surface area contributed by atoms with Crippen LogP contribution in [0, 0.1) is 5.92 Å². The first-order chi connectivity index (χ1) is 20.7. The van der Waals surface area contributed by atoms with E-state index in [0.29, 0.717) is 28.6 Å². The van der Waals surface area contributed by atoms with E-state index in [9.17, 15) is 14.7 Å². The molecular weight excluding hydrogens is 554 g/mol. The van der Waals surface area contributed by atoms with Gasteiger partial charge in [0.2, 0.25) is 0 Å². The molecule has 0 unspecified atom stereocenters. The molecule has 5 aromatic rings. The van der Waals surface area contributed by atoms with Crippen LogP contribution >= 0.6 is 12.2 Å². The van der Waals surface area contributed by atoms with Gasteiger partial charge in [0.05, 0.1) is 6.54 Å². The number of benzene rings is 4. The Morgan fingerprint density at radius 1 is 0.907 bits per heavy atom. The van der Waals surface area contributed by atoms with E-state index in [-0.39, 0.29) is 35.5 Å². The van der Waals surface area contributed by atoms with Crippen LogP contribution in [0.15, 0.2) is 102 Å². The number of carboxylic acid groups (broad SMARTS) is 1. The smallest absolute Gasteiger partial charge is 0.407 e. The summed E-state index contributed by atoms with van der Waals surface area (Å²) >= 11 is 5.29. The minimum Gasteiger partial charge on any atom is -0.465 e. The van der Waals surface area contributed by atoms with Gasteiger partial charge in [0.15, 0.2) is 0 Å². The summed E-state index contributed by atoms with van der Waals surface area (Å²) in [6, 6.07) is 31.6. The number of pyridine rings is 1. The predicted octanol–water partition coefficient (Wildman–Crippen LogP) is 7.25. The van der Waals surface area contributed by atoms with Crippen molar-refractivity contribution < 1.29 is 9.90 Å². The molecule has 0 atom stereocenters. The lowest BCUT2D eigenvalue weighted by atomic mass is 9.93. The number of hydrogen-bond acceptors (Lipinski definition) is 3. The highest BCUT2D eigenvalue weighted by atomic mass is 32.1. The summed E-state index contributed by atoms with van der Waals surface area (Å²) in [4.78, 5) is 28.8. The molecule has 1 amide bonds. The zero-order valence-electron chi connectivity index (χ0n) is 24.2. The molecule has 4 aromatic carbocycles. The highest BCUT2D eigenvalue weighted by Gasteiger charge is 2.32. The van der Waals surface area contributed by atoms with Crippen molar-refractivity contribution in [3.63, 3.8) is 0 Å². The third kappa shape index (κ3) is 5.21. The molecular formula is C36H33N3O3S. The lowest BCUT2D eigenvalue weighted by molar-refractivity contribution is 0.139. The molecule has 1 aliphatic carbocycles. The topological polar surface area (TPSA) is 88.6 Å². The fraction of sp³-hybridized carbons (Fsp3) is 0.194. The van der Waals surface area contributed by atoms with Gasteiger partial charge in [-0.25, -0.2) is 4.79 Å². The van der Waals surface area contributed by atoms with Crippen molar-refractivity contribution in [2.75, 3.05) is 6.54 Å². The van der Waals surface area contributed by atoms with Crippen LogP contribution in [0.2, 0.25) is 0 Å². The van der Waals surface area contributed by atoms with Crippen LogP contribution in [0.4, 0.5) is 4.79 Å². The minimum atomic E-state index is -1.04. The number of nitrogens with two attached hydrogens (primary N) is 1. The van der Waals surface area contributed by atoms with Crippen molar-refractivity contribution in [3.05, 3.63) is 130 Å². The van der Waals surface area contributed by atoms with E-state index in [1.54, 1.807) is 16.7 Å². The van der Waals surface area contributed by atoms with Gasteiger partial charge in [-0.05, 0) is 51.3 Å². The van der Waals surface area contributed by atoms with Crippen LogP contribution < -0.4 is 11.3 Å². The van der Waals surface area contributed by atoms with Crippen LogP contribution in [-0.4, -0.2) is 32.2 Å². The molecule has 1 aromatic heterocycles. The monoisotopic (exact) mass is 587 g/mol. The third-order valence-electron chi connectivity index (χ3n) is 8.25. The maximum atomic E-state index is 14.1. The number of fused-ring (bicyclic) bond motifs is 4. The van der Waals surface area contributed by atoms with E-state index in [4.69, 9.17) is 18.0 Å². The molecule has 0 saturated carbocycles. The molecule has 43 heavy (non-hydrogen) atoms. The molecule has 1 heterocycles. The second kappa shape index (κ2) is 11.5. The predicted molar refractivity (Wildman–Crippen MR) is 177 cm³/mol. The molecule has 6 nitrogen and oxygen atoms in total. The summed E-state index contributed by atoms with van der Waals surface area (Å²) in [5.74, 6) is 0.0240. The van der Waals surface area contributed by atoms with Crippen LogP contribution in [0.25, 0.3) is 33.0 Å². The van der Waals surface area contributed by atoms with Gasteiger partial charge in [-0.15, -0.1) is 0 Å². The zero-order chi connectivity index (χ0) is 30.2. The van der Waals surface area contributed by atoms with Gasteiger partial charge in [-0.3, -0.25) is 4.79 Å². The quantitative estimate of drug-likeness (QED) is 0.187. The van der Waals surface area contributed by atoms with Crippen molar-refractivity contribution >= 4 is 34.1 Å². The summed E-state index contributed by atoms with van der Waals surface area (Å²) in [6.45, 7) is 4.84. The summed E-state index contributed by atoms with van der Waals surface area (Å²) in [5.41, 5.74) is 13.3. The Hall–Kier alpha value is -4.75. The first-order valence-electron chi connectivity index (χ1n) is 14.4. The Labute approximate surface area is 256 Å². The molecule has 0 fully saturated rings. The largest absolute Gasteiger partial charge is 0.465 e. The summed E-state index contributed by atoms with van der Waals surface area (Å²) < 4.78 is 1.77. The van der Waals surface area contributed by atoms with Gasteiger partial charge < -0.3 is 20.3 Å². The van der Waals surface area contributed by atoms with Gasteiger partial charge in [0, 0.05) is 41.2 Å². The average molecular weight is 588 g/mol. The Morgan fingerprint density at radius 2 is 1.51 bits per heavy atom. The summed E-state index contributed by atoms with van der Waals surface area (Å²) in [5, 5.41) is 11.9. The van der Waals surface area contributed by atoms with Crippen molar-refractivity contribution in [3.8, 4) is 22.3 Å². The molecule has 0 radical (unpaired) electrons. The second-order valence-electron chi connectivity index (χ2n) is 11.5. The molecule has 0 aliphatic heterocycles. The number of thiocarbonyl (C=S) groups is 1. The molecule has 0 bridgehead atoms. The Kier molecular flexibility index (Phi) is 7.59. The molecule has 1 aliphatic rings. The number of amides is 1. The van der Waals surface area contributed by atoms with E-state index in [0.717, 1.165) is 33.4 Å². The lowest BCUT2D eigenvalue weighted by Gasteiger charge is -2.28. The minimum absolute atomic E-state index is 0.0373. The number of carbonyl (C=O) groups is 1. The SMILES string of the molecule is CC(C)Cn1c(CN(CC2c3ccccc3-c3ccccc32)C(=O)O)c(-c2ccccc2)c2cc(C(N)=S)ccc2c1=O. The molecule has 3 N–H and O–H groups in total. The maximum absolute atomic E-state index is 14.1. The van der Waals surface area contributed by atoms with Crippen LogP contribution in [-0.2, 0) is 13.1 Å². The Morgan fingerprint density at radius 3 is 2.09 bits per heavy atom. The van der Waals surface area contributed by atoms with Gasteiger partial charge in [-0.1, -0.05) is 111 Å². The Bertz CT molecular complexity index is 1890. The molecule has 7 heteroatoms. The van der Waals surface area contributed by atoms with Crippen LogP contribution in [0.5, 0.6) is 0 Å². The van der Waals surface area contributed by atoms with Crippen LogP contribution in [0.3, 0.4) is 0 Å². The van der Waals surface area contributed by atoms with Gasteiger partial charge >= 0.3 is 6.09 Å². The van der Waals surface area contributed by atoms with Gasteiger partial charge in [0.25, 0.3) is 5.56 Å². The highest BCUT2D eigenvalue weighted by molar-refractivity contribution is 7.80. The molecule has 0 saturated heterocycles. The zero-order valence-corrected chi connectivity index (χ0v) is 25.0. The Balaban J connectivity index is 1.56. The summed E-state index contributed by atoms with van der Waals surface area (Å²) in [7, 11) is 0. The van der Waals surface area contributed by atoms with E-state index in [1.807, 2.05) is 60.7 Å². The first kappa shape index (κ1) is 28.4. The first-order valence-corrected chi connectivity index (χ1v) is 14.9. The standard InChI is InChI=1S/C36H33N3O3S/c1-22(2)19-39-32(33(23-10-4-3-5-11-23)30-18-24(34(37)43)16-17-29(30)35(39)40)21-38(36(41)42)20-31-27-14-8-6-12-25(27)26-13-7-9-15-28(26)31/h3-18,22,31H,19-21H2,1-2H3,(H2,37,43)(H,41,42). The maximum Gasteiger partial charge on any atom is 0.407 e. The second-order valence-corrected chi connectivity index (χ2v) is 12.0. The highest BCUT2D eigenvalue weighted by Crippen LogP contribution is 2.45. The molecule has 216 valence electrons. The van der Waals surface area contributed by atoms with Crippen molar-refractivity contribution in [2.45, 2.75) is 32.9 Å². The number of rotatable bonds is 8. The van der Waals surface area contributed by atoms with Gasteiger partial charge in [0.1, 0.15) is 4.99 Å². The van der Waals surface area contributed by atoms with Gasteiger partial charge in [-0.2, -0.15) is 0 Å². The number of nitrogens with zero attached hydrogens (tertiary/aromatic N) is 2. The van der Waals surface area contributed by atoms with Crippen molar-refractivity contribution in [2.24, 2.45) is 11.7 Å². The van der Waals surface area contributed by atoms with E-state index < -0.39 is 6.09 Å².